The average Bonchev–Trinajstić information content (AvgIpc) is 3.50. The molecule has 5 rings (SSSR count). The smallest absolute Gasteiger partial charge is 0.231 e. The van der Waals surface area contributed by atoms with Crippen molar-refractivity contribution in [3.8, 4) is 11.5 Å². The Morgan fingerprint density at radius 2 is 1.88 bits per heavy atom. The molecule has 1 amide bonds. The number of fused-ring (bicyclic) bond motifs is 2. The number of amides is 1. The molecule has 2 heterocycles. The van der Waals surface area contributed by atoms with E-state index in [1.807, 2.05) is 36.4 Å². The Labute approximate surface area is 193 Å². The molecule has 5 nitrogen and oxygen atoms in total. The van der Waals surface area contributed by atoms with Gasteiger partial charge < -0.3 is 19.8 Å². The van der Waals surface area contributed by atoms with Gasteiger partial charge in [-0.05, 0) is 47.2 Å². The van der Waals surface area contributed by atoms with Crippen LogP contribution in [0, 0.1) is 0 Å². The van der Waals surface area contributed by atoms with E-state index in [1.54, 1.807) is 0 Å². The number of hydrogen-bond donors (Lipinski definition) is 2. The third-order valence-electron chi connectivity index (χ3n) is 6.36. The second-order valence-electron chi connectivity index (χ2n) is 8.39. The van der Waals surface area contributed by atoms with E-state index < -0.39 is 0 Å². The van der Waals surface area contributed by atoms with Crippen molar-refractivity contribution in [3.63, 3.8) is 0 Å². The van der Waals surface area contributed by atoms with Crippen LogP contribution in [-0.2, 0) is 17.6 Å². The minimum absolute atomic E-state index is 0.0367. The molecule has 0 saturated carbocycles. The van der Waals surface area contributed by atoms with Gasteiger partial charge in [0.05, 0.1) is 0 Å². The average molecular weight is 441 g/mol. The fourth-order valence-electron chi connectivity index (χ4n) is 4.61. The Hall–Kier alpha value is -3.73. The van der Waals surface area contributed by atoms with Crippen LogP contribution in [0.5, 0.6) is 11.5 Å². The van der Waals surface area contributed by atoms with Crippen LogP contribution >= 0.6 is 0 Å². The Morgan fingerprint density at radius 1 is 1.03 bits per heavy atom. The lowest BCUT2D eigenvalue weighted by Crippen LogP contribution is -2.27. The summed E-state index contributed by atoms with van der Waals surface area (Å²) >= 11 is 0. The lowest BCUT2D eigenvalue weighted by molar-refractivity contribution is -0.121. The van der Waals surface area contributed by atoms with Gasteiger partial charge in [0.1, 0.15) is 0 Å². The molecule has 0 bridgehead atoms. The summed E-state index contributed by atoms with van der Waals surface area (Å²) in [5, 5.41) is 4.27. The normalized spacial score (nSPS) is 13.2. The van der Waals surface area contributed by atoms with Crippen molar-refractivity contribution in [2.45, 2.75) is 32.1 Å². The van der Waals surface area contributed by atoms with Crippen LogP contribution in [0.2, 0.25) is 0 Å². The summed E-state index contributed by atoms with van der Waals surface area (Å²) in [5.74, 6) is 1.42. The number of hydrogen-bond acceptors (Lipinski definition) is 3. The largest absolute Gasteiger partial charge is 0.454 e. The predicted molar refractivity (Wildman–Crippen MR) is 130 cm³/mol. The first-order chi connectivity index (χ1) is 16.2. The summed E-state index contributed by atoms with van der Waals surface area (Å²) in [4.78, 5) is 16.5. The van der Waals surface area contributed by atoms with E-state index in [0.717, 1.165) is 46.4 Å². The molecule has 0 saturated heterocycles. The number of aromatic amines is 1. The van der Waals surface area contributed by atoms with Crippen molar-refractivity contribution < 1.29 is 14.3 Å². The topological polar surface area (TPSA) is 63.4 Å². The number of para-hydroxylation sites is 1. The molecule has 5 heteroatoms. The molecule has 168 valence electrons. The van der Waals surface area contributed by atoms with Gasteiger partial charge in [0, 0.05) is 36.0 Å². The standard InChI is InChI=1S/C28H28N2O3/c1-2-20-9-6-10-22-24(17-30-28(20)22)23(21-11-12-25-26(15-21)33-18-32-25)16-27(31)29-14-13-19-7-4-3-5-8-19/h3-12,15,17,23,30H,2,13-14,16,18H2,1H3,(H,29,31). The van der Waals surface area contributed by atoms with Crippen LogP contribution in [0.25, 0.3) is 10.9 Å². The molecular formula is C28H28N2O3. The van der Waals surface area contributed by atoms with Crippen molar-refractivity contribution >= 4 is 16.8 Å². The molecule has 4 aromatic rings. The van der Waals surface area contributed by atoms with Gasteiger partial charge in [-0.1, -0.05) is 61.5 Å². The zero-order chi connectivity index (χ0) is 22.6. The molecule has 2 N–H and O–H groups in total. The second-order valence-corrected chi connectivity index (χ2v) is 8.39. The van der Waals surface area contributed by atoms with E-state index in [4.69, 9.17) is 9.47 Å². The maximum Gasteiger partial charge on any atom is 0.231 e. The van der Waals surface area contributed by atoms with E-state index in [2.05, 4.69) is 53.8 Å². The van der Waals surface area contributed by atoms with Crippen molar-refractivity contribution in [3.05, 3.63) is 95.2 Å². The molecular weight excluding hydrogens is 412 g/mol. The summed E-state index contributed by atoms with van der Waals surface area (Å²) < 4.78 is 11.1. The van der Waals surface area contributed by atoms with Crippen molar-refractivity contribution in [1.29, 1.82) is 0 Å². The number of nitrogens with one attached hydrogen (secondary N) is 2. The van der Waals surface area contributed by atoms with E-state index >= 15 is 0 Å². The molecule has 1 aromatic heterocycles. The highest BCUT2D eigenvalue weighted by Gasteiger charge is 2.24. The number of rotatable bonds is 8. The fraction of sp³-hybridized carbons (Fsp3) is 0.250. The van der Waals surface area contributed by atoms with Gasteiger partial charge in [0.25, 0.3) is 0 Å². The highest BCUT2D eigenvalue weighted by atomic mass is 16.7. The van der Waals surface area contributed by atoms with Gasteiger partial charge in [0.15, 0.2) is 11.5 Å². The predicted octanol–water partition coefficient (Wildman–Crippen LogP) is 5.34. The van der Waals surface area contributed by atoms with E-state index in [1.165, 1.54) is 11.1 Å². The van der Waals surface area contributed by atoms with Crippen LogP contribution in [-0.4, -0.2) is 24.2 Å². The fourth-order valence-corrected chi connectivity index (χ4v) is 4.61. The number of ether oxygens (including phenoxy) is 2. The summed E-state index contributed by atoms with van der Waals surface area (Å²) in [6.07, 6.45) is 4.17. The Balaban J connectivity index is 1.42. The van der Waals surface area contributed by atoms with E-state index in [-0.39, 0.29) is 18.6 Å². The van der Waals surface area contributed by atoms with Gasteiger partial charge >= 0.3 is 0 Å². The first kappa shape index (κ1) is 21.1. The molecule has 33 heavy (non-hydrogen) atoms. The molecule has 1 atom stereocenters. The van der Waals surface area contributed by atoms with Crippen molar-refractivity contribution in [2.24, 2.45) is 0 Å². The third kappa shape index (κ3) is 4.44. The van der Waals surface area contributed by atoms with Crippen molar-refractivity contribution in [2.75, 3.05) is 13.3 Å². The highest BCUT2D eigenvalue weighted by Crippen LogP contribution is 2.39. The quantitative estimate of drug-likeness (QED) is 0.389. The first-order valence-electron chi connectivity index (χ1n) is 11.5. The molecule has 1 unspecified atom stereocenters. The SMILES string of the molecule is CCc1cccc2c(C(CC(=O)NCCc3ccccc3)c3ccc4c(c3)OCO4)c[nH]c12. The Bertz CT molecular complexity index is 1260. The van der Waals surface area contributed by atoms with Gasteiger partial charge in [0.2, 0.25) is 12.7 Å². The molecule has 3 aromatic carbocycles. The van der Waals surface area contributed by atoms with Gasteiger partial charge in [-0.2, -0.15) is 0 Å². The van der Waals surface area contributed by atoms with Gasteiger partial charge in [-0.3, -0.25) is 4.79 Å². The van der Waals surface area contributed by atoms with Crippen LogP contribution in [0.3, 0.4) is 0 Å². The maximum absolute atomic E-state index is 13.0. The molecule has 0 radical (unpaired) electrons. The number of benzene rings is 3. The minimum atomic E-state index is -0.0999. The monoisotopic (exact) mass is 440 g/mol. The highest BCUT2D eigenvalue weighted by molar-refractivity contribution is 5.88. The first-order valence-corrected chi connectivity index (χ1v) is 11.5. The van der Waals surface area contributed by atoms with Crippen LogP contribution in [0.4, 0.5) is 0 Å². The third-order valence-corrected chi connectivity index (χ3v) is 6.36. The summed E-state index contributed by atoms with van der Waals surface area (Å²) in [6, 6.07) is 22.6. The Kier molecular flexibility index (Phi) is 6.03. The van der Waals surface area contributed by atoms with Gasteiger partial charge in [-0.25, -0.2) is 0 Å². The van der Waals surface area contributed by atoms with Crippen molar-refractivity contribution in [1.82, 2.24) is 10.3 Å². The molecule has 0 spiro atoms. The maximum atomic E-state index is 13.0. The number of carbonyl (C=O) groups excluding carboxylic acids is 1. The zero-order valence-corrected chi connectivity index (χ0v) is 18.8. The zero-order valence-electron chi connectivity index (χ0n) is 18.8. The molecule has 0 fully saturated rings. The Morgan fingerprint density at radius 3 is 2.73 bits per heavy atom. The van der Waals surface area contributed by atoms with Crippen LogP contribution < -0.4 is 14.8 Å². The summed E-state index contributed by atoms with van der Waals surface area (Å²) in [6.45, 7) is 3.01. The number of aryl methyl sites for hydroxylation is 1. The number of aromatic nitrogens is 1. The van der Waals surface area contributed by atoms with E-state index in [0.29, 0.717) is 13.0 Å². The van der Waals surface area contributed by atoms with Gasteiger partial charge in [-0.15, -0.1) is 0 Å². The lowest BCUT2D eigenvalue weighted by Gasteiger charge is -2.18. The molecule has 0 aliphatic carbocycles. The second kappa shape index (κ2) is 9.41. The summed E-state index contributed by atoms with van der Waals surface area (Å²) in [5.41, 5.74) is 5.80. The number of carbonyl (C=O) groups is 1. The van der Waals surface area contributed by atoms with Crippen LogP contribution in [0.1, 0.15) is 41.5 Å². The lowest BCUT2D eigenvalue weighted by atomic mass is 9.87. The molecule has 1 aliphatic rings. The van der Waals surface area contributed by atoms with Crippen LogP contribution in [0.15, 0.2) is 72.9 Å². The summed E-state index contributed by atoms with van der Waals surface area (Å²) in [7, 11) is 0. The minimum Gasteiger partial charge on any atom is -0.454 e. The number of H-pyrrole nitrogens is 1. The van der Waals surface area contributed by atoms with E-state index in [9.17, 15) is 4.79 Å². The molecule has 1 aliphatic heterocycles.